The highest BCUT2D eigenvalue weighted by Gasteiger charge is 2.19. The normalized spacial score (nSPS) is 12.4. The number of rotatable bonds is 4. The number of nitrogens with zero attached hydrogens (tertiary/aromatic N) is 1. The van der Waals surface area contributed by atoms with Crippen LogP contribution in [0.4, 0.5) is 0 Å². The van der Waals surface area contributed by atoms with Crippen LogP contribution in [-0.2, 0) is 6.42 Å². The van der Waals surface area contributed by atoms with Gasteiger partial charge in [-0.15, -0.1) is 0 Å². The molecule has 2 heterocycles. The van der Waals surface area contributed by atoms with Crippen molar-refractivity contribution in [2.75, 3.05) is 0 Å². The van der Waals surface area contributed by atoms with Gasteiger partial charge in [0.05, 0.1) is 12.0 Å². The number of amides is 1. The third-order valence-corrected chi connectivity index (χ3v) is 2.73. The minimum Gasteiger partial charge on any atom is -0.469 e. The molecule has 5 nitrogen and oxygen atoms in total. The summed E-state index contributed by atoms with van der Waals surface area (Å²) in [7, 11) is 0. The Morgan fingerprint density at radius 1 is 1.50 bits per heavy atom. The predicted octanol–water partition coefficient (Wildman–Crippen LogP) is 2.25. The van der Waals surface area contributed by atoms with Gasteiger partial charge in [-0.1, -0.05) is 5.16 Å². The first kappa shape index (κ1) is 12.4. The van der Waals surface area contributed by atoms with Crippen LogP contribution in [0.3, 0.4) is 0 Å². The second kappa shape index (κ2) is 5.08. The number of carbonyl (C=O) groups is 1. The van der Waals surface area contributed by atoms with Crippen molar-refractivity contribution < 1.29 is 13.7 Å². The number of nitrogens with one attached hydrogen (secondary N) is 1. The number of aromatic nitrogens is 1. The summed E-state index contributed by atoms with van der Waals surface area (Å²) in [5.74, 6) is 1.22. The molecule has 2 aromatic rings. The number of furan rings is 1. The minimum atomic E-state index is -0.162. The van der Waals surface area contributed by atoms with Crippen LogP contribution >= 0.6 is 0 Å². The van der Waals surface area contributed by atoms with Crippen molar-refractivity contribution in [2.45, 2.75) is 33.2 Å². The molecule has 0 fully saturated rings. The summed E-state index contributed by atoms with van der Waals surface area (Å²) in [5, 5.41) is 6.67. The average molecular weight is 248 g/mol. The Labute approximate surface area is 105 Å². The van der Waals surface area contributed by atoms with Crippen molar-refractivity contribution in [1.29, 1.82) is 0 Å². The summed E-state index contributed by atoms with van der Waals surface area (Å²) >= 11 is 0. The van der Waals surface area contributed by atoms with E-state index >= 15 is 0 Å². The molecule has 18 heavy (non-hydrogen) atoms. The molecule has 0 aliphatic carbocycles. The van der Waals surface area contributed by atoms with Gasteiger partial charge in [0.15, 0.2) is 0 Å². The van der Waals surface area contributed by atoms with E-state index < -0.39 is 0 Å². The lowest BCUT2D eigenvalue weighted by Crippen LogP contribution is -2.34. The molecule has 0 unspecified atom stereocenters. The fourth-order valence-corrected chi connectivity index (χ4v) is 1.88. The maximum Gasteiger partial charge on any atom is 0.257 e. The lowest BCUT2D eigenvalue weighted by molar-refractivity contribution is 0.0937. The molecule has 0 spiro atoms. The molecule has 0 saturated heterocycles. The number of carbonyl (C=O) groups excluding carboxylic acids is 1. The van der Waals surface area contributed by atoms with Crippen LogP contribution in [0.5, 0.6) is 0 Å². The second-order valence-corrected chi connectivity index (χ2v) is 4.36. The monoisotopic (exact) mass is 248 g/mol. The number of aryl methyl sites for hydroxylation is 2. The molecule has 0 saturated carbocycles. The van der Waals surface area contributed by atoms with Crippen LogP contribution in [0, 0.1) is 13.8 Å². The molecule has 0 radical (unpaired) electrons. The summed E-state index contributed by atoms with van der Waals surface area (Å²) in [4.78, 5) is 12.0. The van der Waals surface area contributed by atoms with Crippen molar-refractivity contribution in [2.24, 2.45) is 0 Å². The first-order chi connectivity index (χ1) is 8.58. The van der Waals surface area contributed by atoms with Gasteiger partial charge in [-0.3, -0.25) is 4.79 Å². The molecule has 1 N–H and O–H groups in total. The van der Waals surface area contributed by atoms with E-state index in [4.69, 9.17) is 8.94 Å². The van der Waals surface area contributed by atoms with E-state index in [1.807, 2.05) is 19.1 Å². The first-order valence-electron chi connectivity index (χ1n) is 5.84. The Kier molecular flexibility index (Phi) is 3.50. The SMILES string of the molecule is Cc1noc(C)c1C(=O)N[C@H](C)Cc1ccco1. The zero-order valence-electron chi connectivity index (χ0n) is 10.7. The van der Waals surface area contributed by atoms with Crippen molar-refractivity contribution >= 4 is 5.91 Å². The standard InChI is InChI=1S/C13H16N2O3/c1-8(7-11-5-4-6-17-11)14-13(16)12-9(2)15-18-10(12)3/h4-6,8H,7H2,1-3H3,(H,14,16)/t8-/m1/s1. The van der Waals surface area contributed by atoms with Crippen LogP contribution in [0.1, 0.15) is 34.5 Å². The van der Waals surface area contributed by atoms with Gasteiger partial charge in [0.1, 0.15) is 17.1 Å². The third-order valence-electron chi connectivity index (χ3n) is 2.73. The van der Waals surface area contributed by atoms with E-state index in [2.05, 4.69) is 10.5 Å². The Morgan fingerprint density at radius 2 is 2.28 bits per heavy atom. The molecule has 96 valence electrons. The minimum absolute atomic E-state index is 0.0163. The van der Waals surface area contributed by atoms with Gasteiger partial charge in [0, 0.05) is 12.5 Å². The predicted molar refractivity (Wildman–Crippen MR) is 65.3 cm³/mol. The molecule has 2 aromatic heterocycles. The largest absolute Gasteiger partial charge is 0.469 e. The van der Waals surface area contributed by atoms with Crippen LogP contribution in [0.15, 0.2) is 27.3 Å². The Balaban J connectivity index is 1.99. The molecule has 0 bridgehead atoms. The zero-order chi connectivity index (χ0) is 13.1. The highest BCUT2D eigenvalue weighted by Crippen LogP contribution is 2.12. The lowest BCUT2D eigenvalue weighted by atomic mass is 10.1. The van der Waals surface area contributed by atoms with Crippen LogP contribution in [0.2, 0.25) is 0 Å². The summed E-state index contributed by atoms with van der Waals surface area (Å²) in [6.45, 7) is 5.41. The topological polar surface area (TPSA) is 68.3 Å². The van der Waals surface area contributed by atoms with Crippen molar-refractivity contribution in [1.82, 2.24) is 10.5 Å². The van der Waals surface area contributed by atoms with Gasteiger partial charge >= 0.3 is 0 Å². The quantitative estimate of drug-likeness (QED) is 0.901. The highest BCUT2D eigenvalue weighted by atomic mass is 16.5. The van der Waals surface area contributed by atoms with E-state index in [0.717, 1.165) is 5.76 Å². The highest BCUT2D eigenvalue weighted by molar-refractivity contribution is 5.96. The van der Waals surface area contributed by atoms with Crippen LogP contribution in [-0.4, -0.2) is 17.1 Å². The Bertz CT molecular complexity index is 509. The smallest absolute Gasteiger partial charge is 0.257 e. The van der Waals surface area contributed by atoms with Crippen molar-refractivity contribution in [3.63, 3.8) is 0 Å². The molecular formula is C13H16N2O3. The fraction of sp³-hybridized carbons (Fsp3) is 0.385. The molecule has 1 amide bonds. The fourth-order valence-electron chi connectivity index (χ4n) is 1.88. The van der Waals surface area contributed by atoms with Crippen LogP contribution in [0.25, 0.3) is 0 Å². The first-order valence-corrected chi connectivity index (χ1v) is 5.84. The maximum absolute atomic E-state index is 12.0. The van der Waals surface area contributed by atoms with Gasteiger partial charge in [-0.2, -0.15) is 0 Å². The molecule has 1 atom stereocenters. The number of hydrogen-bond donors (Lipinski definition) is 1. The Hall–Kier alpha value is -2.04. The van der Waals surface area contributed by atoms with Gasteiger partial charge in [0.2, 0.25) is 0 Å². The van der Waals surface area contributed by atoms with E-state index in [1.54, 1.807) is 20.1 Å². The second-order valence-electron chi connectivity index (χ2n) is 4.36. The van der Waals surface area contributed by atoms with E-state index in [0.29, 0.717) is 23.4 Å². The van der Waals surface area contributed by atoms with Crippen molar-refractivity contribution in [3.05, 3.63) is 41.2 Å². The summed E-state index contributed by atoms with van der Waals surface area (Å²) < 4.78 is 10.2. The lowest BCUT2D eigenvalue weighted by Gasteiger charge is -2.12. The maximum atomic E-state index is 12.0. The van der Waals surface area contributed by atoms with Gasteiger partial charge in [-0.05, 0) is 32.9 Å². The molecule has 2 rings (SSSR count). The number of hydrogen-bond acceptors (Lipinski definition) is 4. The Morgan fingerprint density at radius 3 is 2.83 bits per heavy atom. The molecule has 0 aromatic carbocycles. The summed E-state index contributed by atoms with van der Waals surface area (Å²) in [6, 6.07) is 3.70. The summed E-state index contributed by atoms with van der Waals surface area (Å²) in [6.07, 6.45) is 2.28. The molecular weight excluding hydrogens is 232 g/mol. The van der Waals surface area contributed by atoms with Gasteiger partial charge in [-0.25, -0.2) is 0 Å². The summed E-state index contributed by atoms with van der Waals surface area (Å²) in [5.41, 5.74) is 1.12. The van der Waals surface area contributed by atoms with Crippen LogP contribution < -0.4 is 5.32 Å². The molecule has 0 aliphatic rings. The van der Waals surface area contributed by atoms with E-state index in [-0.39, 0.29) is 11.9 Å². The van der Waals surface area contributed by atoms with Gasteiger partial charge in [0.25, 0.3) is 5.91 Å². The zero-order valence-corrected chi connectivity index (χ0v) is 10.7. The van der Waals surface area contributed by atoms with Gasteiger partial charge < -0.3 is 14.3 Å². The average Bonchev–Trinajstić information content (AvgIpc) is 2.89. The molecule has 0 aliphatic heterocycles. The molecule has 5 heteroatoms. The van der Waals surface area contributed by atoms with E-state index in [1.165, 1.54) is 0 Å². The third kappa shape index (κ3) is 2.61. The van der Waals surface area contributed by atoms with E-state index in [9.17, 15) is 4.79 Å². The van der Waals surface area contributed by atoms with Crippen molar-refractivity contribution in [3.8, 4) is 0 Å².